The second-order valence-electron chi connectivity index (χ2n) is 5.23. The van der Waals surface area contributed by atoms with Crippen LogP contribution in [-0.4, -0.2) is 28.2 Å². The summed E-state index contributed by atoms with van der Waals surface area (Å²) in [6.07, 6.45) is 0. The molecule has 1 aromatic carbocycles. The first-order valence-electron chi connectivity index (χ1n) is 7.12. The molecule has 0 nitrogen and oxygen atoms in total. The Labute approximate surface area is 250 Å². The van der Waals surface area contributed by atoms with Crippen LogP contribution < -0.4 is 0 Å². The molecule has 0 N–H and O–H groups in total. The molecule has 0 aliphatic heterocycles. The molecule has 1 rings (SSSR count). The molecule has 0 fully saturated rings. The average molecular weight is 907 g/mol. The molecule has 0 atom stereocenters. The first-order valence-corrected chi connectivity index (χ1v) is 28.1. The van der Waals surface area contributed by atoms with Gasteiger partial charge >= 0.3 is 59.3 Å². The van der Waals surface area contributed by atoms with Crippen LogP contribution in [0.5, 0.6) is 0 Å². The van der Waals surface area contributed by atoms with Gasteiger partial charge in [-0.3, -0.25) is 0 Å². The molecular weight excluding hydrogens is 889 g/mol. The summed E-state index contributed by atoms with van der Waals surface area (Å²) in [5.41, 5.74) is 8.73. The Morgan fingerprint density at radius 3 is 0.393 bits per heavy atom. The number of benzene rings is 1. The molecule has 0 unspecified atom stereocenters. The Kier molecular flexibility index (Phi) is 26.9. The zero-order chi connectivity index (χ0) is 23.0. The molecule has 0 heterocycles. The molecule has 0 aliphatic carbocycles. The van der Waals surface area contributed by atoms with Crippen molar-refractivity contribution in [2.75, 3.05) is 0 Å². The molecule has 0 spiro atoms. The second-order valence-corrected chi connectivity index (χ2v) is 43.8. The standard InChI is InChI=1S/C12H18.3Al.12ClH.U/c1-7-8(2)10(4)12(6)11(5)9(7)3;;;;;;;;;;;;;;;;/h1-6H3;;;;12*1H;/q;3*+3;;;;;;;;;;;;;+3/p-12. The summed E-state index contributed by atoms with van der Waals surface area (Å²) in [5.74, 6) is 0. The number of halogens is 12. The molecule has 28 heavy (non-hydrogen) atoms. The summed E-state index contributed by atoms with van der Waals surface area (Å²) in [4.78, 5) is 0. The van der Waals surface area contributed by atoms with Crippen molar-refractivity contribution in [3.8, 4) is 0 Å². The largest absolute Gasteiger partial charge is 3.00 e. The van der Waals surface area contributed by atoms with Gasteiger partial charge in [0, 0.05) is 0 Å². The molecule has 0 saturated carbocycles. The third-order valence-electron chi connectivity index (χ3n) is 3.38. The molecule has 163 valence electrons. The molecule has 1 aromatic rings. The van der Waals surface area contributed by atoms with Gasteiger partial charge in [-0.2, -0.15) is 0 Å². The summed E-state index contributed by atoms with van der Waals surface area (Å²) >= 11 is 0. The first-order chi connectivity index (χ1) is 11.5. The van der Waals surface area contributed by atoms with E-state index in [-0.39, 0.29) is 31.1 Å². The van der Waals surface area contributed by atoms with Gasteiger partial charge in [-0.05, 0) is 74.9 Å². The number of rotatable bonds is 0. The van der Waals surface area contributed by atoms with E-state index in [4.69, 9.17) is 121 Å². The van der Waals surface area contributed by atoms with Crippen LogP contribution in [0.4, 0.5) is 0 Å². The van der Waals surface area contributed by atoms with Crippen LogP contribution in [0.3, 0.4) is 0 Å². The van der Waals surface area contributed by atoms with Crippen LogP contribution in [0.15, 0.2) is 0 Å². The van der Waals surface area contributed by atoms with Crippen molar-refractivity contribution in [1.82, 2.24) is 0 Å². The van der Waals surface area contributed by atoms with Crippen molar-refractivity contribution in [1.29, 1.82) is 0 Å². The average Bonchev–Trinajstić information content (AvgIpc) is 2.35. The van der Waals surface area contributed by atoms with E-state index in [0.717, 1.165) is 0 Å². The molecule has 0 amide bonds. The fourth-order valence-corrected chi connectivity index (χ4v) is 1.69. The van der Waals surface area contributed by atoms with E-state index in [1.54, 1.807) is 0 Å². The van der Waals surface area contributed by atoms with Gasteiger partial charge in [0.2, 0.25) is 0 Å². The Bertz CT molecular complexity index is 430. The minimum absolute atomic E-state index is 0. The Morgan fingerprint density at radius 2 is 0.357 bits per heavy atom. The van der Waals surface area contributed by atoms with E-state index in [0.29, 0.717) is 0 Å². The van der Waals surface area contributed by atoms with E-state index in [1.165, 1.54) is 33.4 Å². The fraction of sp³-hybridized carbons (Fsp3) is 0.500. The van der Waals surface area contributed by atoms with E-state index in [1.807, 2.05) is 0 Å². The molecule has 0 aromatic heterocycles. The predicted molar refractivity (Wildman–Crippen MR) is 142 cm³/mol. The van der Waals surface area contributed by atoms with Crippen molar-refractivity contribution in [3.05, 3.63) is 33.4 Å². The van der Waals surface area contributed by atoms with Gasteiger partial charge in [0.1, 0.15) is 0 Å². The smallest absolute Gasteiger partial charge is 0.391 e. The van der Waals surface area contributed by atoms with Crippen LogP contribution in [0.2, 0.25) is 0 Å². The van der Waals surface area contributed by atoms with Crippen LogP contribution in [0, 0.1) is 72.7 Å². The van der Waals surface area contributed by atoms with Crippen LogP contribution >= 0.6 is 121 Å². The summed E-state index contributed by atoms with van der Waals surface area (Å²) in [6, 6.07) is 0. The third kappa shape index (κ3) is 33.5. The maximum atomic E-state index is 4.99. The minimum Gasteiger partial charge on any atom is -0.391 e. The van der Waals surface area contributed by atoms with E-state index >= 15 is 0 Å². The van der Waals surface area contributed by atoms with Gasteiger partial charge in [-0.1, -0.05) is 0 Å². The van der Waals surface area contributed by atoms with E-state index in [2.05, 4.69) is 41.5 Å². The van der Waals surface area contributed by atoms with Gasteiger partial charge in [-0.25, -0.2) is 0 Å². The Morgan fingerprint density at radius 1 is 0.321 bits per heavy atom. The SMILES string of the molecule is Cc1c(C)c(C)c(C)c(C)c1C.[Cl][Al-]([Cl])([Cl])[Cl].[Cl][Al-]([Cl])([Cl])[Cl].[Cl][Al-]([Cl])([Cl])[Cl].[U+3]. The zero-order valence-electron chi connectivity index (χ0n) is 15.8. The maximum Gasteiger partial charge on any atom is 3.00 e. The molecule has 16 heteroatoms. The van der Waals surface area contributed by atoms with Gasteiger partial charge in [0.05, 0.1) is 0 Å². The van der Waals surface area contributed by atoms with Crippen molar-refractivity contribution in [2.24, 2.45) is 0 Å². The van der Waals surface area contributed by atoms with Gasteiger partial charge < -0.3 is 121 Å². The topological polar surface area (TPSA) is 0 Å². The summed E-state index contributed by atoms with van der Waals surface area (Å²) < 4.78 is 0. The van der Waals surface area contributed by atoms with Crippen LogP contribution in [0.25, 0.3) is 0 Å². The summed E-state index contributed by atoms with van der Waals surface area (Å²) in [6.45, 7) is 13.3. The molecule has 0 aliphatic rings. The number of hydrogen-bond acceptors (Lipinski definition) is 0. The van der Waals surface area contributed by atoms with Crippen molar-refractivity contribution in [3.63, 3.8) is 0 Å². The van der Waals surface area contributed by atoms with E-state index < -0.39 is 28.2 Å². The normalized spacial score (nSPS) is 10.9. The molecule has 1 radical (unpaired) electrons. The molecule has 0 saturated heterocycles. The number of hydrogen-bond donors (Lipinski definition) is 0. The minimum atomic E-state index is -2.94. The van der Waals surface area contributed by atoms with Crippen molar-refractivity contribution < 1.29 is 31.1 Å². The van der Waals surface area contributed by atoms with Crippen LogP contribution in [-0.2, 0) is 0 Å². The maximum absolute atomic E-state index is 4.99. The van der Waals surface area contributed by atoms with Crippen molar-refractivity contribution in [2.45, 2.75) is 41.5 Å². The van der Waals surface area contributed by atoms with Gasteiger partial charge in [-0.15, -0.1) is 0 Å². The molecular formula is C12H18Al3Cl12U. The fourth-order valence-electron chi connectivity index (χ4n) is 1.69. The first kappa shape index (κ1) is 40.5. The quantitative estimate of drug-likeness (QED) is 0.228. The van der Waals surface area contributed by atoms with E-state index in [9.17, 15) is 0 Å². The summed E-state index contributed by atoms with van der Waals surface area (Å²) in [7, 11) is 51.1. The Hall–Kier alpha value is 5.35. The van der Waals surface area contributed by atoms with Crippen LogP contribution in [0.1, 0.15) is 33.4 Å². The van der Waals surface area contributed by atoms with Gasteiger partial charge in [0.15, 0.2) is 0 Å². The third-order valence-corrected chi connectivity index (χ3v) is 3.38. The monoisotopic (exact) mass is 901 g/mol. The predicted octanol–water partition coefficient (Wildman–Crippen LogP) is 10.7. The zero-order valence-corrected chi connectivity index (χ0v) is 32.5. The van der Waals surface area contributed by atoms with Crippen molar-refractivity contribution >= 4 is 149 Å². The Balaban J connectivity index is -0.000000153. The summed E-state index contributed by atoms with van der Waals surface area (Å²) in [5, 5.41) is 0. The second kappa shape index (κ2) is 18.6. The van der Waals surface area contributed by atoms with Gasteiger partial charge in [0.25, 0.3) is 0 Å². The molecule has 0 bridgehead atoms.